The van der Waals surface area contributed by atoms with E-state index >= 15 is 0 Å². The number of hydrogen-bond acceptors (Lipinski definition) is 2. The number of aryl methyl sites for hydroxylation is 2. The first-order valence-corrected chi connectivity index (χ1v) is 6.63. The van der Waals surface area contributed by atoms with E-state index in [-0.39, 0.29) is 11.5 Å². The number of aromatic hydroxyl groups is 1. The molecular weight excluding hydrogens is 272 g/mol. The van der Waals surface area contributed by atoms with Crippen molar-refractivity contribution in [1.82, 2.24) is 0 Å². The average Bonchev–Trinajstić information content (AvgIpc) is 2.37. The van der Waals surface area contributed by atoms with Crippen molar-refractivity contribution in [2.75, 3.05) is 0 Å². The van der Waals surface area contributed by atoms with E-state index in [1.807, 2.05) is 32.0 Å². The van der Waals surface area contributed by atoms with Crippen LogP contribution in [0.4, 0.5) is 0 Å². The topological polar surface area (TPSA) is 37.3 Å². The van der Waals surface area contributed by atoms with Gasteiger partial charge in [-0.2, -0.15) is 0 Å². The van der Waals surface area contributed by atoms with Gasteiger partial charge in [0.25, 0.3) is 0 Å². The van der Waals surface area contributed by atoms with Crippen LogP contribution in [-0.4, -0.2) is 10.9 Å². The summed E-state index contributed by atoms with van der Waals surface area (Å²) in [5, 5.41) is 10.6. The minimum Gasteiger partial charge on any atom is -0.507 e. The highest BCUT2D eigenvalue weighted by Crippen LogP contribution is 2.24. The zero-order valence-electron chi connectivity index (χ0n) is 11.4. The van der Waals surface area contributed by atoms with Crippen LogP contribution in [0.3, 0.4) is 0 Å². The van der Waals surface area contributed by atoms with E-state index in [9.17, 15) is 9.90 Å². The molecule has 0 aliphatic carbocycles. The fourth-order valence-electron chi connectivity index (χ4n) is 2.09. The number of halogens is 1. The Morgan fingerprint density at radius 3 is 2.40 bits per heavy atom. The summed E-state index contributed by atoms with van der Waals surface area (Å²) in [6.07, 6.45) is 3.16. The number of ketones is 1. The lowest BCUT2D eigenvalue weighted by Gasteiger charge is -2.06. The van der Waals surface area contributed by atoms with Crippen molar-refractivity contribution in [2.45, 2.75) is 13.8 Å². The van der Waals surface area contributed by atoms with Crippen LogP contribution >= 0.6 is 11.6 Å². The molecule has 0 radical (unpaired) electrons. The van der Waals surface area contributed by atoms with Crippen molar-refractivity contribution in [3.05, 3.63) is 69.8 Å². The molecule has 2 nitrogen and oxygen atoms in total. The van der Waals surface area contributed by atoms with Crippen molar-refractivity contribution in [3.63, 3.8) is 0 Å². The van der Waals surface area contributed by atoms with Crippen molar-refractivity contribution in [3.8, 4) is 5.75 Å². The third-order valence-electron chi connectivity index (χ3n) is 3.00. The second kappa shape index (κ2) is 5.93. The zero-order valence-corrected chi connectivity index (χ0v) is 12.1. The van der Waals surface area contributed by atoms with Crippen LogP contribution in [0.1, 0.15) is 27.0 Å². The van der Waals surface area contributed by atoms with Gasteiger partial charge in [0.05, 0.1) is 5.56 Å². The van der Waals surface area contributed by atoms with Crippen molar-refractivity contribution in [2.24, 2.45) is 0 Å². The monoisotopic (exact) mass is 286 g/mol. The molecule has 0 aromatic heterocycles. The molecule has 1 N–H and O–H groups in total. The number of rotatable bonds is 3. The van der Waals surface area contributed by atoms with Gasteiger partial charge < -0.3 is 5.11 Å². The number of carbonyl (C=O) groups is 1. The molecular formula is C17H15ClO2. The predicted octanol–water partition coefficient (Wildman–Crippen LogP) is 4.56. The fraction of sp³-hybridized carbons (Fsp3) is 0.118. The van der Waals surface area contributed by atoms with Gasteiger partial charge in [-0.1, -0.05) is 35.9 Å². The highest BCUT2D eigenvalue weighted by Gasteiger charge is 2.12. The molecule has 0 fully saturated rings. The highest BCUT2D eigenvalue weighted by atomic mass is 35.5. The molecule has 0 saturated heterocycles. The number of benzene rings is 2. The third-order valence-corrected chi connectivity index (χ3v) is 3.25. The van der Waals surface area contributed by atoms with Gasteiger partial charge in [-0.25, -0.2) is 0 Å². The SMILES string of the molecule is Cc1cc(C)c(C(=O)C=Cc2ccc(Cl)cc2)c(O)c1. The molecule has 0 heterocycles. The first-order chi connectivity index (χ1) is 9.47. The standard InChI is InChI=1S/C17H15ClO2/c1-11-9-12(2)17(16(20)10-11)15(19)8-5-13-3-6-14(18)7-4-13/h3-10,20H,1-2H3. The maximum absolute atomic E-state index is 12.2. The summed E-state index contributed by atoms with van der Waals surface area (Å²) in [5.74, 6) is -0.191. The van der Waals surface area contributed by atoms with Crippen LogP contribution in [-0.2, 0) is 0 Å². The molecule has 3 heteroatoms. The van der Waals surface area contributed by atoms with Gasteiger partial charge in [-0.3, -0.25) is 4.79 Å². The molecule has 2 aromatic carbocycles. The van der Waals surface area contributed by atoms with E-state index in [1.165, 1.54) is 6.08 Å². The van der Waals surface area contributed by atoms with Gasteiger partial charge in [0.2, 0.25) is 0 Å². The highest BCUT2D eigenvalue weighted by molar-refractivity contribution is 6.30. The molecule has 0 aliphatic heterocycles. The van der Waals surface area contributed by atoms with Gasteiger partial charge in [0.15, 0.2) is 5.78 Å². The van der Waals surface area contributed by atoms with E-state index < -0.39 is 0 Å². The van der Waals surface area contributed by atoms with Gasteiger partial charge in [0.1, 0.15) is 5.75 Å². The maximum Gasteiger partial charge on any atom is 0.189 e. The molecule has 2 aromatic rings. The summed E-state index contributed by atoms with van der Waals surface area (Å²) >= 11 is 5.80. The molecule has 102 valence electrons. The Bertz CT molecular complexity index is 647. The van der Waals surface area contributed by atoms with E-state index in [0.29, 0.717) is 10.6 Å². The van der Waals surface area contributed by atoms with Gasteiger partial charge >= 0.3 is 0 Å². The van der Waals surface area contributed by atoms with Gasteiger partial charge in [-0.15, -0.1) is 0 Å². The van der Waals surface area contributed by atoms with Crippen LogP contribution in [0, 0.1) is 13.8 Å². The summed E-state index contributed by atoms with van der Waals surface area (Å²) < 4.78 is 0. The van der Waals surface area contributed by atoms with Gasteiger partial charge in [0, 0.05) is 5.02 Å². The minimum atomic E-state index is -0.213. The third kappa shape index (κ3) is 3.28. The zero-order chi connectivity index (χ0) is 14.7. The van der Waals surface area contributed by atoms with Crippen molar-refractivity contribution in [1.29, 1.82) is 0 Å². The first kappa shape index (κ1) is 14.4. The molecule has 0 unspecified atom stereocenters. The van der Waals surface area contributed by atoms with E-state index in [0.717, 1.165) is 16.7 Å². The van der Waals surface area contributed by atoms with Crippen LogP contribution in [0.2, 0.25) is 5.02 Å². The second-order valence-electron chi connectivity index (χ2n) is 4.73. The number of phenols is 1. The summed E-state index contributed by atoms with van der Waals surface area (Å²) in [6, 6.07) is 10.7. The van der Waals surface area contributed by atoms with E-state index in [4.69, 9.17) is 11.6 Å². The van der Waals surface area contributed by atoms with Gasteiger partial charge in [-0.05, 0) is 54.8 Å². The fourth-order valence-corrected chi connectivity index (χ4v) is 2.22. The van der Waals surface area contributed by atoms with E-state index in [1.54, 1.807) is 24.3 Å². The summed E-state index contributed by atoms with van der Waals surface area (Å²) in [7, 11) is 0. The molecule has 0 spiro atoms. The Hall–Kier alpha value is -2.06. The number of hydrogen-bond donors (Lipinski definition) is 1. The van der Waals surface area contributed by atoms with Crippen LogP contribution in [0.15, 0.2) is 42.5 Å². The Labute approximate surface area is 123 Å². The predicted molar refractivity (Wildman–Crippen MR) is 82.4 cm³/mol. The lowest BCUT2D eigenvalue weighted by atomic mass is 10.00. The van der Waals surface area contributed by atoms with Crippen LogP contribution in [0.5, 0.6) is 5.75 Å². The molecule has 0 saturated carbocycles. The average molecular weight is 287 g/mol. The number of phenolic OH excluding ortho intramolecular Hbond substituents is 1. The van der Waals surface area contributed by atoms with E-state index in [2.05, 4.69) is 0 Å². The summed E-state index contributed by atoms with van der Waals surface area (Å²) in [4.78, 5) is 12.2. The molecule has 20 heavy (non-hydrogen) atoms. The normalized spacial score (nSPS) is 10.9. The molecule has 2 rings (SSSR count). The number of carbonyl (C=O) groups excluding carboxylic acids is 1. The summed E-state index contributed by atoms with van der Waals surface area (Å²) in [5.41, 5.74) is 2.93. The largest absolute Gasteiger partial charge is 0.507 e. The second-order valence-corrected chi connectivity index (χ2v) is 5.16. The minimum absolute atomic E-state index is 0.0215. The Morgan fingerprint density at radius 1 is 1.15 bits per heavy atom. The van der Waals surface area contributed by atoms with Crippen molar-refractivity contribution >= 4 is 23.5 Å². The Kier molecular flexibility index (Phi) is 4.26. The first-order valence-electron chi connectivity index (χ1n) is 6.25. The Balaban J connectivity index is 2.26. The lowest BCUT2D eigenvalue weighted by Crippen LogP contribution is -1.99. The molecule has 0 aliphatic rings. The van der Waals surface area contributed by atoms with Crippen LogP contribution < -0.4 is 0 Å². The smallest absolute Gasteiger partial charge is 0.189 e. The summed E-state index contributed by atoms with van der Waals surface area (Å²) in [6.45, 7) is 3.70. The quantitative estimate of drug-likeness (QED) is 0.663. The van der Waals surface area contributed by atoms with Crippen molar-refractivity contribution < 1.29 is 9.90 Å². The molecule has 0 atom stereocenters. The van der Waals surface area contributed by atoms with Crippen LogP contribution in [0.25, 0.3) is 6.08 Å². The lowest BCUT2D eigenvalue weighted by molar-refractivity contribution is 0.104. The molecule has 0 amide bonds. The Morgan fingerprint density at radius 2 is 1.80 bits per heavy atom. The number of allylic oxidation sites excluding steroid dienone is 1. The maximum atomic E-state index is 12.2. The molecule has 0 bridgehead atoms.